The van der Waals surface area contributed by atoms with E-state index in [1.54, 1.807) is 18.2 Å². The van der Waals surface area contributed by atoms with Gasteiger partial charge in [0.2, 0.25) is 0 Å². The van der Waals surface area contributed by atoms with E-state index in [1.165, 1.54) is 19.2 Å². The molecule has 3 N–H and O–H groups in total. The number of hydrogen-bond donors (Lipinski definition) is 2. The molecule has 3 aromatic rings. The zero-order valence-electron chi connectivity index (χ0n) is 15.2. The number of nitrogens with two attached hydrogens (primary N) is 1. The molecule has 0 saturated carbocycles. The van der Waals surface area contributed by atoms with Crippen molar-refractivity contribution in [2.75, 3.05) is 13.7 Å². The Kier molecular flexibility index (Phi) is 5.55. The Labute approximate surface area is 159 Å². The Morgan fingerprint density at radius 2 is 1.93 bits per heavy atom. The van der Waals surface area contributed by atoms with Gasteiger partial charge in [-0.25, -0.2) is 4.98 Å². The molecule has 1 heterocycles. The average molecular weight is 392 g/mol. The number of aromatic amines is 1. The van der Waals surface area contributed by atoms with E-state index in [0.717, 1.165) is 12.1 Å². The van der Waals surface area contributed by atoms with Gasteiger partial charge in [0, 0.05) is 5.56 Å². The maximum atomic E-state index is 12.9. The molecule has 3 rings (SSSR count). The fourth-order valence-corrected chi connectivity index (χ4v) is 2.69. The van der Waals surface area contributed by atoms with Gasteiger partial charge in [0.05, 0.1) is 25.3 Å². The number of nitrogens with one attached hydrogen (secondary N) is 1. The van der Waals surface area contributed by atoms with Crippen molar-refractivity contribution >= 4 is 0 Å². The smallest absolute Gasteiger partial charge is 0.416 e. The second kappa shape index (κ2) is 7.89. The summed E-state index contributed by atoms with van der Waals surface area (Å²) >= 11 is 0. The lowest BCUT2D eigenvalue weighted by Gasteiger charge is -2.14. The van der Waals surface area contributed by atoms with Crippen molar-refractivity contribution in [1.29, 1.82) is 0 Å². The first kappa shape index (κ1) is 19.7. The fraction of sp³-hybridized carbons (Fsp3) is 0.263. The van der Waals surface area contributed by atoms with Gasteiger partial charge in [-0.1, -0.05) is 18.2 Å². The Morgan fingerprint density at radius 1 is 1.14 bits per heavy atom. The Morgan fingerprint density at radius 3 is 2.61 bits per heavy atom. The number of halogens is 3. The van der Waals surface area contributed by atoms with E-state index in [0.29, 0.717) is 29.5 Å². The van der Waals surface area contributed by atoms with Crippen LogP contribution in [-0.2, 0) is 6.18 Å². The maximum Gasteiger partial charge on any atom is 0.416 e. The minimum absolute atomic E-state index is 0.134. The fourth-order valence-electron chi connectivity index (χ4n) is 2.69. The number of aromatic nitrogens is 3. The third kappa shape index (κ3) is 4.09. The molecular formula is C19H19F3N4O2. The molecule has 28 heavy (non-hydrogen) atoms. The van der Waals surface area contributed by atoms with E-state index >= 15 is 0 Å². The van der Waals surface area contributed by atoms with Crippen molar-refractivity contribution in [3.05, 3.63) is 59.4 Å². The molecule has 0 bridgehead atoms. The van der Waals surface area contributed by atoms with Crippen molar-refractivity contribution in [3.63, 3.8) is 0 Å². The van der Waals surface area contributed by atoms with E-state index < -0.39 is 17.8 Å². The quantitative estimate of drug-likeness (QED) is 0.664. The van der Waals surface area contributed by atoms with Gasteiger partial charge in [-0.15, -0.1) is 0 Å². The summed E-state index contributed by atoms with van der Waals surface area (Å²) in [6.45, 7) is 2.31. The Bertz CT molecular complexity index is 956. The van der Waals surface area contributed by atoms with E-state index in [4.69, 9.17) is 15.2 Å². The molecule has 0 amide bonds. The van der Waals surface area contributed by atoms with Crippen LogP contribution in [0.2, 0.25) is 0 Å². The van der Waals surface area contributed by atoms with Crippen LogP contribution < -0.4 is 15.2 Å². The summed E-state index contributed by atoms with van der Waals surface area (Å²) in [6.07, 6.45) is -4.44. The molecule has 1 atom stereocenters. The summed E-state index contributed by atoms with van der Waals surface area (Å²) in [5, 5.41) is 6.71. The molecule has 2 aromatic carbocycles. The summed E-state index contributed by atoms with van der Waals surface area (Å²) in [5.41, 5.74) is 6.42. The SMILES string of the molecule is CCOc1cc([C@@H](N)c2nc(-c3cccc(C(F)(F)F)c3)n[nH]2)ccc1OC. The van der Waals surface area contributed by atoms with E-state index in [9.17, 15) is 13.2 Å². The van der Waals surface area contributed by atoms with Crippen LogP contribution in [0.3, 0.4) is 0 Å². The number of methoxy groups -OCH3 is 1. The van der Waals surface area contributed by atoms with Gasteiger partial charge in [-0.05, 0) is 36.8 Å². The molecule has 148 valence electrons. The first-order chi connectivity index (χ1) is 13.3. The average Bonchev–Trinajstić information content (AvgIpc) is 3.17. The summed E-state index contributed by atoms with van der Waals surface area (Å²) in [5.74, 6) is 1.56. The molecule has 0 spiro atoms. The standard InChI is InChI=1S/C19H19F3N4O2/c1-3-28-15-10-11(7-8-14(15)27-2)16(23)18-24-17(25-26-18)12-5-4-6-13(9-12)19(20,21)22/h4-10,16H,3,23H2,1-2H3,(H,24,25,26)/t16-/m1/s1. The molecule has 6 nitrogen and oxygen atoms in total. The van der Waals surface area contributed by atoms with Gasteiger partial charge in [0.1, 0.15) is 5.82 Å². The maximum absolute atomic E-state index is 12.9. The van der Waals surface area contributed by atoms with Gasteiger partial charge < -0.3 is 15.2 Å². The van der Waals surface area contributed by atoms with E-state index in [1.807, 2.05) is 6.92 Å². The molecule has 0 fully saturated rings. The molecule has 1 aromatic heterocycles. The molecule has 0 aliphatic heterocycles. The normalized spacial score (nSPS) is 12.6. The first-order valence-electron chi connectivity index (χ1n) is 8.49. The monoisotopic (exact) mass is 392 g/mol. The van der Waals surface area contributed by atoms with Crippen LogP contribution in [0.4, 0.5) is 13.2 Å². The van der Waals surface area contributed by atoms with Crippen LogP contribution in [0.25, 0.3) is 11.4 Å². The predicted octanol–water partition coefficient (Wildman–Crippen LogP) is 3.95. The highest BCUT2D eigenvalue weighted by atomic mass is 19.4. The summed E-state index contributed by atoms with van der Waals surface area (Å²) < 4.78 is 49.5. The minimum Gasteiger partial charge on any atom is -0.493 e. The van der Waals surface area contributed by atoms with Gasteiger partial charge in [0.15, 0.2) is 17.3 Å². The number of benzene rings is 2. The van der Waals surface area contributed by atoms with Crippen LogP contribution in [0.1, 0.15) is 29.9 Å². The van der Waals surface area contributed by atoms with Crippen molar-refractivity contribution in [3.8, 4) is 22.9 Å². The number of hydrogen-bond acceptors (Lipinski definition) is 5. The summed E-state index contributed by atoms with van der Waals surface area (Å²) in [7, 11) is 1.54. The number of H-pyrrole nitrogens is 1. The molecule has 0 aliphatic rings. The lowest BCUT2D eigenvalue weighted by Crippen LogP contribution is -2.14. The van der Waals surface area contributed by atoms with E-state index in [2.05, 4.69) is 15.2 Å². The highest BCUT2D eigenvalue weighted by Gasteiger charge is 2.30. The number of ether oxygens (including phenoxy) is 2. The molecule has 0 radical (unpaired) electrons. The molecule has 0 aliphatic carbocycles. The highest BCUT2D eigenvalue weighted by molar-refractivity contribution is 5.56. The first-order valence-corrected chi connectivity index (χ1v) is 8.49. The zero-order chi connectivity index (χ0) is 20.3. The molecular weight excluding hydrogens is 373 g/mol. The highest BCUT2D eigenvalue weighted by Crippen LogP contribution is 2.33. The van der Waals surface area contributed by atoms with Crippen molar-refractivity contribution < 1.29 is 22.6 Å². The second-order valence-electron chi connectivity index (χ2n) is 5.94. The van der Waals surface area contributed by atoms with Crippen LogP contribution in [0, 0.1) is 0 Å². The van der Waals surface area contributed by atoms with Crippen LogP contribution >= 0.6 is 0 Å². The van der Waals surface area contributed by atoms with E-state index in [-0.39, 0.29) is 11.4 Å². The van der Waals surface area contributed by atoms with Crippen LogP contribution in [-0.4, -0.2) is 28.9 Å². The van der Waals surface area contributed by atoms with Crippen molar-refractivity contribution in [2.45, 2.75) is 19.1 Å². The predicted molar refractivity (Wildman–Crippen MR) is 97.0 cm³/mol. The van der Waals surface area contributed by atoms with Crippen molar-refractivity contribution in [2.24, 2.45) is 5.73 Å². The lowest BCUT2D eigenvalue weighted by atomic mass is 10.1. The number of alkyl halides is 3. The third-order valence-electron chi connectivity index (χ3n) is 4.09. The topological polar surface area (TPSA) is 86.0 Å². The van der Waals surface area contributed by atoms with Crippen LogP contribution in [0.5, 0.6) is 11.5 Å². The van der Waals surface area contributed by atoms with Gasteiger partial charge in [-0.2, -0.15) is 18.3 Å². The Hall–Kier alpha value is -3.07. The number of rotatable bonds is 6. The van der Waals surface area contributed by atoms with Gasteiger partial charge >= 0.3 is 6.18 Å². The number of nitrogens with zero attached hydrogens (tertiary/aromatic N) is 2. The third-order valence-corrected chi connectivity index (χ3v) is 4.09. The lowest BCUT2D eigenvalue weighted by molar-refractivity contribution is -0.137. The molecule has 0 unspecified atom stereocenters. The minimum atomic E-state index is -4.44. The molecule has 9 heteroatoms. The molecule has 0 saturated heterocycles. The Balaban J connectivity index is 1.89. The van der Waals surface area contributed by atoms with Gasteiger partial charge in [0.25, 0.3) is 0 Å². The largest absolute Gasteiger partial charge is 0.493 e. The second-order valence-corrected chi connectivity index (χ2v) is 5.94. The van der Waals surface area contributed by atoms with Crippen molar-refractivity contribution in [1.82, 2.24) is 15.2 Å². The van der Waals surface area contributed by atoms with Gasteiger partial charge in [-0.3, -0.25) is 5.10 Å². The zero-order valence-corrected chi connectivity index (χ0v) is 15.2. The summed E-state index contributed by atoms with van der Waals surface area (Å²) in [4.78, 5) is 4.27. The summed E-state index contributed by atoms with van der Waals surface area (Å²) in [6, 6.07) is 9.37. The van der Waals surface area contributed by atoms with Crippen LogP contribution in [0.15, 0.2) is 42.5 Å².